The minimum Gasteiger partial charge on any atom is -0.263 e. The van der Waals surface area contributed by atoms with E-state index in [1.807, 2.05) is 44.2 Å². The summed E-state index contributed by atoms with van der Waals surface area (Å²) in [5.41, 5.74) is 1.86. The summed E-state index contributed by atoms with van der Waals surface area (Å²) in [6.45, 7) is 3.96. The molecule has 0 aliphatic carbocycles. The average molecular weight is 347 g/mol. The Hall–Kier alpha value is -2.12. The smallest absolute Gasteiger partial charge is 0.263 e. The normalized spacial score (nSPS) is 11.6. The Kier molecular flexibility index (Phi) is 4.23. The van der Waals surface area contributed by atoms with Crippen LogP contribution < -0.4 is 4.72 Å². The van der Waals surface area contributed by atoms with E-state index in [-0.39, 0.29) is 0 Å². The predicted molar refractivity (Wildman–Crippen MR) is 92.8 cm³/mol. The van der Waals surface area contributed by atoms with E-state index in [1.165, 1.54) is 11.3 Å². The number of anilines is 1. The molecule has 3 aromatic rings. The molecule has 0 unspecified atom stereocenters. The largest absolute Gasteiger partial charge is 0.272 e. The summed E-state index contributed by atoms with van der Waals surface area (Å²) in [4.78, 5) is 1.04. The third kappa shape index (κ3) is 3.16. The van der Waals surface area contributed by atoms with Gasteiger partial charge in [0.05, 0.1) is 11.9 Å². The summed E-state index contributed by atoms with van der Waals surface area (Å²) >= 11 is 1.29. The van der Waals surface area contributed by atoms with Gasteiger partial charge in [0.2, 0.25) is 0 Å². The van der Waals surface area contributed by atoms with Crippen molar-refractivity contribution in [3.05, 3.63) is 59.1 Å². The summed E-state index contributed by atoms with van der Waals surface area (Å²) in [6.07, 6.45) is 2.40. The second-order valence-electron chi connectivity index (χ2n) is 5.09. The minimum atomic E-state index is -3.61. The highest BCUT2D eigenvalue weighted by Gasteiger charge is 2.19. The fourth-order valence-electron chi connectivity index (χ4n) is 2.25. The molecule has 7 heteroatoms. The molecule has 120 valence electrons. The van der Waals surface area contributed by atoms with Crippen molar-refractivity contribution in [1.82, 2.24) is 9.78 Å². The molecule has 2 heterocycles. The van der Waals surface area contributed by atoms with Crippen LogP contribution in [0.4, 0.5) is 5.82 Å². The van der Waals surface area contributed by atoms with Gasteiger partial charge in [-0.3, -0.25) is 4.72 Å². The molecule has 0 spiro atoms. The summed E-state index contributed by atoms with van der Waals surface area (Å²) in [7, 11) is -3.61. The summed E-state index contributed by atoms with van der Waals surface area (Å²) in [6, 6.07) is 12.8. The first-order chi connectivity index (χ1) is 11.0. The van der Waals surface area contributed by atoms with E-state index < -0.39 is 10.0 Å². The molecule has 5 nitrogen and oxygen atoms in total. The van der Waals surface area contributed by atoms with Gasteiger partial charge in [-0.2, -0.15) is 5.10 Å². The van der Waals surface area contributed by atoms with Gasteiger partial charge >= 0.3 is 0 Å². The zero-order chi connectivity index (χ0) is 16.4. The lowest BCUT2D eigenvalue weighted by atomic mass is 10.2. The fourth-order valence-corrected chi connectivity index (χ4v) is 4.59. The van der Waals surface area contributed by atoms with Gasteiger partial charge in [-0.15, -0.1) is 11.3 Å². The van der Waals surface area contributed by atoms with Crippen LogP contribution in [0.15, 0.2) is 52.9 Å². The molecule has 23 heavy (non-hydrogen) atoms. The van der Waals surface area contributed by atoms with Gasteiger partial charge in [0, 0.05) is 10.9 Å². The van der Waals surface area contributed by atoms with Crippen LogP contribution in [-0.2, 0) is 16.4 Å². The van der Waals surface area contributed by atoms with Gasteiger partial charge in [-0.05, 0) is 37.1 Å². The second kappa shape index (κ2) is 6.17. The van der Waals surface area contributed by atoms with Crippen molar-refractivity contribution in [3.8, 4) is 5.69 Å². The molecule has 0 bridgehead atoms. The fraction of sp³-hybridized carbons (Fsp3) is 0.188. The summed E-state index contributed by atoms with van der Waals surface area (Å²) in [5, 5.41) is 4.24. The van der Waals surface area contributed by atoms with Gasteiger partial charge in [0.1, 0.15) is 10.0 Å². The number of aryl methyl sites for hydroxylation is 2. The number of sulfonamides is 1. The van der Waals surface area contributed by atoms with E-state index in [4.69, 9.17) is 0 Å². The quantitative estimate of drug-likeness (QED) is 0.767. The highest BCUT2D eigenvalue weighted by molar-refractivity contribution is 7.94. The molecule has 0 amide bonds. The molecule has 0 radical (unpaired) electrons. The van der Waals surface area contributed by atoms with Crippen LogP contribution >= 0.6 is 11.3 Å². The van der Waals surface area contributed by atoms with Crippen molar-refractivity contribution in [2.24, 2.45) is 0 Å². The zero-order valence-electron chi connectivity index (χ0n) is 12.9. The van der Waals surface area contributed by atoms with E-state index in [0.29, 0.717) is 10.0 Å². The van der Waals surface area contributed by atoms with Crippen molar-refractivity contribution >= 4 is 27.2 Å². The van der Waals surface area contributed by atoms with Gasteiger partial charge in [-0.25, -0.2) is 13.1 Å². The zero-order valence-corrected chi connectivity index (χ0v) is 14.5. The van der Waals surface area contributed by atoms with Gasteiger partial charge in [0.15, 0.2) is 0 Å². The lowest BCUT2D eigenvalue weighted by Gasteiger charge is -2.11. The average Bonchev–Trinajstić information content (AvgIpc) is 3.16. The number of rotatable bonds is 5. The van der Waals surface area contributed by atoms with Crippen LogP contribution in [0.1, 0.15) is 17.4 Å². The Bertz CT molecular complexity index is 926. The Morgan fingerprint density at radius 2 is 1.96 bits per heavy atom. The Labute approximate surface area is 139 Å². The third-order valence-electron chi connectivity index (χ3n) is 3.48. The number of thiophene rings is 1. The van der Waals surface area contributed by atoms with Crippen molar-refractivity contribution in [2.75, 3.05) is 4.72 Å². The molecule has 0 atom stereocenters. The third-order valence-corrected chi connectivity index (χ3v) is 6.55. The van der Waals surface area contributed by atoms with E-state index >= 15 is 0 Å². The SMILES string of the molecule is CCc1ccc(S(=O)(=O)Nc2ccnn2-c2ccccc2C)s1. The number of hydrogen-bond acceptors (Lipinski definition) is 4. The van der Waals surface area contributed by atoms with Crippen LogP contribution in [-0.4, -0.2) is 18.2 Å². The number of hydrogen-bond donors (Lipinski definition) is 1. The number of aromatic nitrogens is 2. The van der Waals surface area contributed by atoms with Crippen LogP contribution in [0.5, 0.6) is 0 Å². The van der Waals surface area contributed by atoms with Crippen molar-refractivity contribution in [1.29, 1.82) is 0 Å². The highest BCUT2D eigenvalue weighted by atomic mass is 32.2. The van der Waals surface area contributed by atoms with E-state index in [2.05, 4.69) is 9.82 Å². The molecular weight excluding hydrogens is 330 g/mol. The van der Waals surface area contributed by atoms with Gasteiger partial charge < -0.3 is 0 Å². The number of nitrogens with zero attached hydrogens (tertiary/aromatic N) is 2. The minimum absolute atomic E-state index is 0.312. The van der Waals surface area contributed by atoms with E-state index in [0.717, 1.165) is 22.5 Å². The van der Waals surface area contributed by atoms with Crippen molar-refractivity contribution in [3.63, 3.8) is 0 Å². The number of para-hydroxylation sites is 1. The first-order valence-electron chi connectivity index (χ1n) is 7.23. The van der Waals surface area contributed by atoms with E-state index in [9.17, 15) is 8.42 Å². The van der Waals surface area contributed by atoms with Crippen LogP contribution in [0.3, 0.4) is 0 Å². The van der Waals surface area contributed by atoms with Crippen LogP contribution in [0.2, 0.25) is 0 Å². The van der Waals surface area contributed by atoms with Crippen molar-refractivity contribution in [2.45, 2.75) is 24.5 Å². The van der Waals surface area contributed by atoms with Crippen LogP contribution in [0, 0.1) is 6.92 Å². The van der Waals surface area contributed by atoms with Crippen molar-refractivity contribution < 1.29 is 8.42 Å². The summed E-state index contributed by atoms with van der Waals surface area (Å²) in [5.74, 6) is 0.422. The monoisotopic (exact) mass is 347 g/mol. The molecule has 1 N–H and O–H groups in total. The standard InChI is InChI=1S/C16H17N3O2S2/c1-3-13-8-9-16(22-13)23(20,21)18-15-10-11-17-19(15)14-7-5-4-6-12(14)2/h4-11,18H,3H2,1-2H3. The molecule has 0 saturated heterocycles. The Morgan fingerprint density at radius 1 is 1.17 bits per heavy atom. The lowest BCUT2D eigenvalue weighted by molar-refractivity contribution is 0.602. The molecular formula is C16H17N3O2S2. The first-order valence-corrected chi connectivity index (χ1v) is 9.53. The number of nitrogens with one attached hydrogen (secondary N) is 1. The molecule has 0 aliphatic rings. The maximum Gasteiger partial charge on any atom is 0.272 e. The lowest BCUT2D eigenvalue weighted by Crippen LogP contribution is -2.15. The maximum atomic E-state index is 12.6. The molecule has 0 fully saturated rings. The van der Waals surface area contributed by atoms with E-state index in [1.54, 1.807) is 23.0 Å². The molecule has 1 aromatic carbocycles. The van der Waals surface area contributed by atoms with Crippen LogP contribution in [0.25, 0.3) is 5.69 Å². The highest BCUT2D eigenvalue weighted by Crippen LogP contribution is 2.25. The second-order valence-corrected chi connectivity index (χ2v) is 8.17. The maximum absolute atomic E-state index is 12.6. The molecule has 0 aliphatic heterocycles. The topological polar surface area (TPSA) is 64.0 Å². The first kappa shape index (κ1) is 15.8. The number of benzene rings is 1. The Balaban J connectivity index is 1.95. The molecule has 0 saturated carbocycles. The molecule has 2 aromatic heterocycles. The van der Waals surface area contributed by atoms with Gasteiger partial charge in [-0.1, -0.05) is 25.1 Å². The predicted octanol–water partition coefficient (Wildman–Crippen LogP) is 3.61. The molecule has 3 rings (SSSR count). The van der Waals surface area contributed by atoms with Gasteiger partial charge in [0.25, 0.3) is 10.0 Å². The Morgan fingerprint density at radius 3 is 2.65 bits per heavy atom. The summed E-state index contributed by atoms with van der Waals surface area (Å²) < 4.78 is 29.7.